The molecule has 5 nitrogen and oxygen atoms in total. The third kappa shape index (κ3) is 2.05. The molecular formula is C11H6BrN3O2. The van der Waals surface area contributed by atoms with Gasteiger partial charge in [-0.15, -0.1) is 0 Å². The first-order chi connectivity index (χ1) is 8.13. The van der Waals surface area contributed by atoms with Crippen molar-refractivity contribution in [1.82, 2.24) is 9.55 Å². The van der Waals surface area contributed by atoms with Crippen molar-refractivity contribution >= 4 is 15.9 Å². The van der Waals surface area contributed by atoms with Gasteiger partial charge in [0.25, 0.3) is 5.56 Å². The molecule has 0 aliphatic rings. The van der Waals surface area contributed by atoms with E-state index in [1.807, 2.05) is 0 Å². The number of aromatic nitrogens is 2. The Labute approximate surface area is 104 Å². The molecule has 1 aromatic carbocycles. The first-order valence-electron chi connectivity index (χ1n) is 4.64. The number of nitriles is 1. The van der Waals surface area contributed by atoms with E-state index in [-0.39, 0.29) is 5.56 Å². The number of H-pyrrole nitrogens is 1. The van der Waals surface area contributed by atoms with E-state index in [0.717, 1.165) is 0 Å². The summed E-state index contributed by atoms with van der Waals surface area (Å²) in [5.41, 5.74) is -0.813. The largest absolute Gasteiger partial charge is 0.333 e. The van der Waals surface area contributed by atoms with Gasteiger partial charge in [-0.3, -0.25) is 14.3 Å². The van der Waals surface area contributed by atoms with Crippen molar-refractivity contribution < 1.29 is 0 Å². The van der Waals surface area contributed by atoms with Crippen molar-refractivity contribution in [2.75, 3.05) is 0 Å². The Hall–Kier alpha value is -2.13. The molecule has 0 unspecified atom stereocenters. The molecule has 0 saturated carbocycles. The van der Waals surface area contributed by atoms with Crippen LogP contribution < -0.4 is 11.2 Å². The minimum atomic E-state index is -0.680. The molecule has 2 rings (SSSR count). The van der Waals surface area contributed by atoms with E-state index in [1.165, 1.54) is 10.8 Å². The van der Waals surface area contributed by atoms with E-state index in [9.17, 15) is 9.59 Å². The SMILES string of the molecule is N#Cc1cn(-c2ccccc2Br)c(=O)[nH]c1=O. The summed E-state index contributed by atoms with van der Waals surface area (Å²) in [7, 11) is 0. The van der Waals surface area contributed by atoms with Gasteiger partial charge in [-0.1, -0.05) is 12.1 Å². The van der Waals surface area contributed by atoms with Crippen LogP contribution in [0.1, 0.15) is 5.56 Å². The zero-order chi connectivity index (χ0) is 12.4. The highest BCUT2D eigenvalue weighted by atomic mass is 79.9. The monoisotopic (exact) mass is 291 g/mol. The summed E-state index contributed by atoms with van der Waals surface area (Å²) in [5, 5.41) is 8.75. The van der Waals surface area contributed by atoms with Crippen LogP contribution in [0.4, 0.5) is 0 Å². The normalized spacial score (nSPS) is 9.88. The first-order valence-corrected chi connectivity index (χ1v) is 5.44. The minimum absolute atomic E-state index is 0.111. The summed E-state index contributed by atoms with van der Waals surface area (Å²) in [5.74, 6) is 0. The fourth-order valence-corrected chi connectivity index (χ4v) is 1.85. The molecule has 17 heavy (non-hydrogen) atoms. The minimum Gasteiger partial charge on any atom is -0.273 e. The standard InChI is InChI=1S/C11H6BrN3O2/c12-8-3-1-2-4-9(8)15-6-7(5-13)10(16)14-11(15)17/h1-4,6H,(H,14,16,17). The number of aromatic amines is 1. The number of halogens is 1. The van der Waals surface area contributed by atoms with Crippen molar-refractivity contribution in [3.63, 3.8) is 0 Å². The van der Waals surface area contributed by atoms with E-state index in [4.69, 9.17) is 5.26 Å². The van der Waals surface area contributed by atoms with Gasteiger partial charge in [0.15, 0.2) is 0 Å². The van der Waals surface area contributed by atoms with Gasteiger partial charge >= 0.3 is 5.69 Å². The lowest BCUT2D eigenvalue weighted by atomic mass is 10.3. The van der Waals surface area contributed by atoms with Gasteiger partial charge in [0.1, 0.15) is 11.6 Å². The van der Waals surface area contributed by atoms with Gasteiger partial charge in [-0.25, -0.2) is 4.79 Å². The molecule has 1 aromatic heterocycles. The molecule has 2 aromatic rings. The van der Waals surface area contributed by atoms with E-state index >= 15 is 0 Å². The van der Waals surface area contributed by atoms with Crippen molar-refractivity contribution in [3.8, 4) is 11.8 Å². The second-order valence-electron chi connectivity index (χ2n) is 3.24. The van der Waals surface area contributed by atoms with Crippen LogP contribution in [0.25, 0.3) is 5.69 Å². The number of nitrogens with one attached hydrogen (secondary N) is 1. The molecule has 0 fully saturated rings. The molecule has 0 saturated heterocycles. The van der Waals surface area contributed by atoms with Crippen LogP contribution in [-0.4, -0.2) is 9.55 Å². The number of hydrogen-bond acceptors (Lipinski definition) is 3. The van der Waals surface area contributed by atoms with Crippen LogP contribution >= 0.6 is 15.9 Å². The summed E-state index contributed by atoms with van der Waals surface area (Å²) >= 11 is 3.30. The number of rotatable bonds is 1. The van der Waals surface area contributed by atoms with Crippen LogP contribution in [0.2, 0.25) is 0 Å². The maximum Gasteiger partial charge on any atom is 0.333 e. The Morgan fingerprint density at radius 3 is 2.65 bits per heavy atom. The summed E-state index contributed by atoms with van der Waals surface area (Å²) in [6, 6.07) is 8.75. The molecule has 0 amide bonds. The van der Waals surface area contributed by atoms with Crippen molar-refractivity contribution in [2.24, 2.45) is 0 Å². The Morgan fingerprint density at radius 2 is 2.00 bits per heavy atom. The highest BCUT2D eigenvalue weighted by Crippen LogP contribution is 2.18. The number of para-hydroxylation sites is 1. The van der Waals surface area contributed by atoms with E-state index in [1.54, 1.807) is 30.3 Å². The molecule has 0 bridgehead atoms. The Balaban J connectivity index is 2.78. The van der Waals surface area contributed by atoms with Crippen LogP contribution in [-0.2, 0) is 0 Å². The third-order valence-electron chi connectivity index (χ3n) is 2.17. The van der Waals surface area contributed by atoms with Gasteiger partial charge in [0, 0.05) is 10.7 Å². The molecule has 0 aliphatic carbocycles. The van der Waals surface area contributed by atoms with Crippen LogP contribution in [0.3, 0.4) is 0 Å². The highest BCUT2D eigenvalue weighted by molar-refractivity contribution is 9.10. The van der Waals surface area contributed by atoms with Gasteiger partial charge in [0.05, 0.1) is 5.69 Å². The molecule has 0 atom stereocenters. The van der Waals surface area contributed by atoms with E-state index in [0.29, 0.717) is 10.2 Å². The van der Waals surface area contributed by atoms with Crippen molar-refractivity contribution in [3.05, 3.63) is 61.3 Å². The van der Waals surface area contributed by atoms with Gasteiger partial charge in [0.2, 0.25) is 0 Å². The fraction of sp³-hybridized carbons (Fsp3) is 0. The predicted molar refractivity (Wildman–Crippen MR) is 65.1 cm³/mol. The van der Waals surface area contributed by atoms with Crippen LogP contribution in [0, 0.1) is 11.3 Å². The summed E-state index contributed by atoms with van der Waals surface area (Å²) in [6.45, 7) is 0. The molecular weight excluding hydrogens is 286 g/mol. The van der Waals surface area contributed by atoms with Gasteiger partial charge in [-0.2, -0.15) is 5.26 Å². The third-order valence-corrected chi connectivity index (χ3v) is 2.85. The van der Waals surface area contributed by atoms with Crippen LogP contribution in [0.15, 0.2) is 44.5 Å². The van der Waals surface area contributed by atoms with Crippen LogP contribution in [0.5, 0.6) is 0 Å². The number of benzene rings is 1. The molecule has 6 heteroatoms. The Morgan fingerprint density at radius 1 is 1.29 bits per heavy atom. The lowest BCUT2D eigenvalue weighted by Crippen LogP contribution is -2.30. The number of hydrogen-bond donors (Lipinski definition) is 1. The van der Waals surface area contributed by atoms with Gasteiger partial charge < -0.3 is 0 Å². The maximum atomic E-state index is 11.6. The lowest BCUT2D eigenvalue weighted by Gasteiger charge is -2.06. The summed E-state index contributed by atoms with van der Waals surface area (Å²) < 4.78 is 1.90. The molecule has 1 heterocycles. The van der Waals surface area contributed by atoms with Crippen molar-refractivity contribution in [1.29, 1.82) is 5.26 Å². The topological polar surface area (TPSA) is 78.7 Å². The molecule has 84 valence electrons. The quantitative estimate of drug-likeness (QED) is 0.856. The zero-order valence-electron chi connectivity index (χ0n) is 8.48. The molecule has 0 aliphatic heterocycles. The smallest absolute Gasteiger partial charge is 0.273 e. The summed E-state index contributed by atoms with van der Waals surface area (Å²) in [6.07, 6.45) is 1.22. The highest BCUT2D eigenvalue weighted by Gasteiger charge is 2.07. The Kier molecular flexibility index (Phi) is 2.93. The number of nitrogens with zero attached hydrogens (tertiary/aromatic N) is 2. The zero-order valence-corrected chi connectivity index (χ0v) is 10.1. The Bertz CT molecular complexity index is 724. The summed E-state index contributed by atoms with van der Waals surface area (Å²) in [4.78, 5) is 25.0. The predicted octanol–water partition coefficient (Wildman–Crippen LogP) is 1.16. The van der Waals surface area contributed by atoms with Gasteiger partial charge in [-0.05, 0) is 28.1 Å². The lowest BCUT2D eigenvalue weighted by molar-refractivity contribution is 0.886. The fourth-order valence-electron chi connectivity index (χ4n) is 1.38. The first kappa shape index (κ1) is 11.4. The second-order valence-corrected chi connectivity index (χ2v) is 4.09. The molecule has 0 spiro atoms. The maximum absolute atomic E-state index is 11.6. The van der Waals surface area contributed by atoms with Crippen molar-refractivity contribution in [2.45, 2.75) is 0 Å². The van der Waals surface area contributed by atoms with E-state index < -0.39 is 11.2 Å². The molecule has 0 radical (unpaired) electrons. The van der Waals surface area contributed by atoms with E-state index in [2.05, 4.69) is 20.9 Å². The molecule has 1 N–H and O–H groups in total. The average Bonchev–Trinajstić information content (AvgIpc) is 2.31. The average molecular weight is 292 g/mol. The second kappa shape index (κ2) is 4.39.